The highest BCUT2D eigenvalue weighted by Crippen LogP contribution is 2.50. The molecule has 430 valence electrons. The van der Waals surface area contributed by atoms with Crippen LogP contribution >= 0.6 is 0 Å². The number of para-hydroxylation sites is 6. The number of nitrogens with zero attached hydrogens (tertiary/aromatic N) is 7. The van der Waals surface area contributed by atoms with E-state index in [0.29, 0.717) is 22.8 Å². The number of aromatic nitrogens is 3. The van der Waals surface area contributed by atoms with Crippen LogP contribution in [0.2, 0.25) is 0 Å². The van der Waals surface area contributed by atoms with Crippen molar-refractivity contribution in [3.05, 3.63) is 345 Å². The second-order valence-electron chi connectivity index (χ2n) is 22.9. The Balaban J connectivity index is 0.933. The molecule has 16 rings (SSSR count). The van der Waals surface area contributed by atoms with E-state index in [4.69, 9.17) is 4.98 Å². The van der Waals surface area contributed by atoms with E-state index < -0.39 is 0 Å². The second kappa shape index (κ2) is 23.4. The lowest BCUT2D eigenvalue weighted by Gasteiger charge is -2.25. The van der Waals surface area contributed by atoms with E-state index in [1.807, 2.05) is 48.5 Å². The molecule has 16 aromatic rings. The highest BCUT2D eigenvalue weighted by molar-refractivity contribution is 6.14. The van der Waals surface area contributed by atoms with Gasteiger partial charge in [-0.2, -0.15) is 10.5 Å². The van der Waals surface area contributed by atoms with Gasteiger partial charge >= 0.3 is 0 Å². The largest absolute Gasteiger partial charge is 0.311 e. The maximum Gasteiger partial charge on any atom is 0.148 e. The Labute approximate surface area is 533 Å². The van der Waals surface area contributed by atoms with Gasteiger partial charge in [0, 0.05) is 72.4 Å². The van der Waals surface area contributed by atoms with E-state index >= 15 is 0 Å². The van der Waals surface area contributed by atoms with E-state index in [1.165, 1.54) is 0 Å². The molecule has 0 N–H and O–H groups in total. The van der Waals surface area contributed by atoms with Crippen molar-refractivity contribution in [2.24, 2.45) is 0 Å². The summed E-state index contributed by atoms with van der Waals surface area (Å²) in [5.41, 5.74) is 20.6. The summed E-state index contributed by atoms with van der Waals surface area (Å²) in [6.45, 7) is 0. The third-order valence-corrected chi connectivity index (χ3v) is 17.6. The number of benzene rings is 13. The highest BCUT2D eigenvalue weighted by Gasteiger charge is 2.30. The van der Waals surface area contributed by atoms with Crippen molar-refractivity contribution in [3.63, 3.8) is 0 Å². The summed E-state index contributed by atoms with van der Waals surface area (Å²) in [4.78, 5) is 10.8. The first-order valence-electron chi connectivity index (χ1n) is 30.8. The molecular formula is C85H55N7. The molecule has 0 unspecified atom stereocenters. The van der Waals surface area contributed by atoms with Crippen molar-refractivity contribution in [3.8, 4) is 79.4 Å². The predicted octanol–water partition coefficient (Wildman–Crippen LogP) is 22.3. The summed E-state index contributed by atoms with van der Waals surface area (Å²) in [5.74, 6) is 1.41. The number of nitriles is 2. The molecule has 0 radical (unpaired) electrons. The Bertz CT molecular complexity index is 5110. The van der Waals surface area contributed by atoms with Crippen LogP contribution in [0.15, 0.2) is 334 Å². The first-order chi connectivity index (χ1) is 45.6. The monoisotopic (exact) mass is 1170 g/mol. The van der Waals surface area contributed by atoms with E-state index in [0.717, 1.165) is 133 Å². The molecule has 0 atom stereocenters. The van der Waals surface area contributed by atoms with Gasteiger partial charge < -0.3 is 9.80 Å². The molecule has 0 aliphatic rings. The molecule has 0 fully saturated rings. The zero-order valence-electron chi connectivity index (χ0n) is 49.9. The Kier molecular flexibility index (Phi) is 13.9. The smallest absolute Gasteiger partial charge is 0.148 e. The number of hydrogen-bond acceptors (Lipinski definition) is 5. The Morgan fingerprint density at radius 1 is 0.239 bits per heavy atom. The first-order valence-corrected chi connectivity index (χ1v) is 30.8. The van der Waals surface area contributed by atoms with E-state index in [-0.39, 0.29) is 0 Å². The van der Waals surface area contributed by atoms with Gasteiger partial charge in [-0.05, 0) is 160 Å². The van der Waals surface area contributed by atoms with Crippen LogP contribution in [0.1, 0.15) is 11.1 Å². The fourth-order valence-electron chi connectivity index (χ4n) is 13.4. The van der Waals surface area contributed by atoms with Gasteiger partial charge in [-0.3, -0.25) is 9.13 Å². The van der Waals surface area contributed by atoms with Crippen LogP contribution in [0.5, 0.6) is 0 Å². The maximum absolute atomic E-state index is 10.8. The molecule has 0 amide bonds. The maximum atomic E-state index is 10.8. The molecule has 0 aliphatic heterocycles. The summed E-state index contributed by atoms with van der Waals surface area (Å²) in [5, 5.41) is 25.5. The molecule has 0 saturated heterocycles. The minimum atomic E-state index is 0.290. The van der Waals surface area contributed by atoms with Crippen LogP contribution in [0, 0.1) is 22.7 Å². The van der Waals surface area contributed by atoms with Crippen molar-refractivity contribution < 1.29 is 0 Å². The van der Waals surface area contributed by atoms with E-state index in [9.17, 15) is 10.5 Å². The summed E-state index contributed by atoms with van der Waals surface area (Å²) >= 11 is 0. The molecule has 0 spiro atoms. The number of rotatable bonds is 13. The second-order valence-corrected chi connectivity index (χ2v) is 22.9. The van der Waals surface area contributed by atoms with Gasteiger partial charge in [0.1, 0.15) is 23.8 Å². The molecule has 13 aromatic carbocycles. The number of hydrogen-bond donors (Lipinski definition) is 0. The zero-order valence-corrected chi connectivity index (χ0v) is 49.9. The molecule has 0 saturated carbocycles. The average Bonchev–Trinajstić information content (AvgIpc) is 1.46. The fourth-order valence-corrected chi connectivity index (χ4v) is 13.4. The summed E-state index contributed by atoms with van der Waals surface area (Å²) < 4.78 is 4.67. The van der Waals surface area contributed by atoms with E-state index in [2.05, 4.69) is 310 Å². The van der Waals surface area contributed by atoms with Crippen molar-refractivity contribution in [2.75, 3.05) is 9.80 Å². The molecule has 3 aromatic heterocycles. The molecule has 0 bridgehead atoms. The van der Waals surface area contributed by atoms with E-state index in [1.54, 1.807) is 6.07 Å². The summed E-state index contributed by atoms with van der Waals surface area (Å²) in [7, 11) is 0. The third kappa shape index (κ3) is 9.59. The van der Waals surface area contributed by atoms with Gasteiger partial charge in [-0.1, -0.05) is 212 Å². The minimum Gasteiger partial charge on any atom is -0.311 e. The van der Waals surface area contributed by atoms with Gasteiger partial charge in [-0.15, -0.1) is 0 Å². The minimum absolute atomic E-state index is 0.290. The SMILES string of the molecule is N#Cc1ccc(-c2c(-c3ccccc3)c(-n3c4ccccc4c4cc(-c5ccc(N(c6ccccc6)c6ccccc6)cc5)ccc43)nc(-n3c4ccccc4c4cc(-c5ccc(N(c6ccccc6)c6ccccc6)cc5)ccc43)c2-c2ccccc2)cc1C#N. The Morgan fingerprint density at radius 2 is 0.554 bits per heavy atom. The standard InChI is InChI=1S/C85H55N7/c86-56-65-40-39-64(53-66(65)57-87)81-82(60-23-7-1-8-24-60)84(91-77-37-21-19-35-73(77)75-54-62(45-51-79(75)91)58-41-47-71(48-42-58)89(67-27-11-3-12-28-67)68-29-13-4-14-30-68)88-85(83(81)61-25-9-2-10-26-61)92-78-38-22-20-36-74(78)76-55-63(46-52-80(76)92)59-43-49-72(50-44-59)90(69-31-15-5-16-32-69)70-33-17-6-18-34-70/h1-55H. The number of fused-ring (bicyclic) bond motifs is 6. The van der Waals surface area contributed by atoms with Crippen molar-refractivity contribution in [2.45, 2.75) is 0 Å². The van der Waals surface area contributed by atoms with Gasteiger partial charge in [-0.25, -0.2) is 4.98 Å². The topological polar surface area (TPSA) is 76.8 Å². The third-order valence-electron chi connectivity index (χ3n) is 17.6. The van der Waals surface area contributed by atoms with Crippen LogP contribution in [0.25, 0.3) is 111 Å². The first kappa shape index (κ1) is 54.6. The van der Waals surface area contributed by atoms with Crippen LogP contribution in [-0.4, -0.2) is 14.1 Å². The quantitative estimate of drug-likeness (QED) is 0.115. The van der Waals surface area contributed by atoms with Crippen LogP contribution in [0.4, 0.5) is 34.1 Å². The van der Waals surface area contributed by atoms with Gasteiger partial charge in [0.05, 0.1) is 33.2 Å². The lowest BCUT2D eigenvalue weighted by Crippen LogP contribution is -2.10. The normalized spacial score (nSPS) is 11.2. The Morgan fingerprint density at radius 3 is 0.935 bits per heavy atom. The summed E-state index contributed by atoms with van der Waals surface area (Å²) in [6, 6.07) is 122. The lowest BCUT2D eigenvalue weighted by molar-refractivity contribution is 1.02. The Hall–Kier alpha value is -12.8. The predicted molar refractivity (Wildman–Crippen MR) is 379 cm³/mol. The van der Waals surface area contributed by atoms with Crippen molar-refractivity contribution in [1.29, 1.82) is 10.5 Å². The molecule has 92 heavy (non-hydrogen) atoms. The van der Waals surface area contributed by atoms with Crippen LogP contribution in [0.3, 0.4) is 0 Å². The van der Waals surface area contributed by atoms with Gasteiger partial charge in [0.15, 0.2) is 0 Å². The fraction of sp³-hybridized carbons (Fsp3) is 0. The lowest BCUT2D eigenvalue weighted by atomic mass is 9.86. The average molecular weight is 1170 g/mol. The van der Waals surface area contributed by atoms with Gasteiger partial charge in [0.25, 0.3) is 0 Å². The molecular weight excluding hydrogens is 1120 g/mol. The number of anilines is 6. The molecule has 7 nitrogen and oxygen atoms in total. The van der Waals surface area contributed by atoms with Crippen LogP contribution < -0.4 is 9.80 Å². The number of pyridine rings is 1. The summed E-state index contributed by atoms with van der Waals surface area (Å²) in [6.07, 6.45) is 0. The van der Waals surface area contributed by atoms with Crippen molar-refractivity contribution >= 4 is 77.7 Å². The van der Waals surface area contributed by atoms with Crippen molar-refractivity contribution in [1.82, 2.24) is 14.1 Å². The highest BCUT2D eigenvalue weighted by atomic mass is 15.2. The molecule has 0 aliphatic carbocycles. The zero-order chi connectivity index (χ0) is 61.5. The van der Waals surface area contributed by atoms with Crippen LogP contribution in [-0.2, 0) is 0 Å². The molecule has 7 heteroatoms. The molecule has 3 heterocycles. The van der Waals surface area contributed by atoms with Gasteiger partial charge in [0.2, 0.25) is 0 Å².